The zero-order chi connectivity index (χ0) is 19.0. The van der Waals surface area contributed by atoms with Crippen molar-refractivity contribution in [2.75, 3.05) is 32.8 Å². The van der Waals surface area contributed by atoms with Crippen LogP contribution in [0.15, 0.2) is 35.3 Å². The van der Waals surface area contributed by atoms with E-state index in [-0.39, 0.29) is 6.61 Å². The Morgan fingerprint density at radius 2 is 1.92 bits per heavy atom. The van der Waals surface area contributed by atoms with Crippen molar-refractivity contribution in [2.45, 2.75) is 46.6 Å². The summed E-state index contributed by atoms with van der Waals surface area (Å²) in [4.78, 5) is 4.68. The molecule has 26 heavy (non-hydrogen) atoms. The third kappa shape index (κ3) is 10.4. The molecule has 0 aliphatic rings. The second kappa shape index (κ2) is 14.6. The van der Waals surface area contributed by atoms with E-state index in [1.165, 1.54) is 5.56 Å². The van der Waals surface area contributed by atoms with Crippen molar-refractivity contribution in [3.8, 4) is 0 Å². The Morgan fingerprint density at radius 3 is 2.58 bits per heavy atom. The minimum Gasteiger partial charge on any atom is -0.396 e. The molecule has 1 aromatic carbocycles. The number of aliphatic imine (C=N–C) groups is 1. The number of aliphatic hydroxyl groups excluding tert-OH is 1. The highest BCUT2D eigenvalue weighted by molar-refractivity contribution is 5.79. The summed E-state index contributed by atoms with van der Waals surface area (Å²) in [6.07, 6.45) is 3.09. The highest BCUT2D eigenvalue weighted by Crippen LogP contribution is 2.09. The molecule has 0 spiro atoms. The number of nitrogens with zero attached hydrogens (tertiary/aromatic N) is 1. The van der Waals surface area contributed by atoms with Crippen LogP contribution in [0.4, 0.5) is 0 Å². The van der Waals surface area contributed by atoms with Crippen LogP contribution in [0.2, 0.25) is 0 Å². The first kappa shape index (κ1) is 22.5. The number of aliphatic hydroxyl groups is 1. The third-order valence-electron chi connectivity index (χ3n) is 4.21. The standard InChI is InChI=1S/C21H37N3O2/c1-4-9-19(12-13-25)15-24-21(22-5-2)23-14-18(3)16-26-17-20-10-7-6-8-11-20/h6-8,10-11,18-19,25H,4-5,9,12-17H2,1-3H3,(H2,22,23,24). The molecule has 5 heteroatoms. The van der Waals surface area contributed by atoms with Crippen LogP contribution in [-0.4, -0.2) is 43.9 Å². The van der Waals surface area contributed by atoms with Crippen LogP contribution in [0.25, 0.3) is 0 Å². The molecule has 0 amide bonds. The van der Waals surface area contributed by atoms with Gasteiger partial charge >= 0.3 is 0 Å². The average Bonchev–Trinajstić information content (AvgIpc) is 2.65. The summed E-state index contributed by atoms with van der Waals surface area (Å²) in [6.45, 7) is 10.4. The van der Waals surface area contributed by atoms with Gasteiger partial charge in [-0.25, -0.2) is 0 Å². The summed E-state index contributed by atoms with van der Waals surface area (Å²) in [5.74, 6) is 1.69. The number of nitrogens with one attached hydrogen (secondary N) is 2. The SMILES string of the molecule is CCCC(CCO)CNC(=NCC(C)COCc1ccccc1)NCC. The van der Waals surface area contributed by atoms with Gasteiger partial charge in [0.05, 0.1) is 13.2 Å². The Balaban J connectivity index is 2.36. The first-order valence-corrected chi connectivity index (χ1v) is 9.94. The molecule has 0 aliphatic carbocycles. The summed E-state index contributed by atoms with van der Waals surface area (Å²) in [7, 11) is 0. The molecule has 0 heterocycles. The molecule has 0 aliphatic heterocycles. The topological polar surface area (TPSA) is 65.9 Å². The van der Waals surface area contributed by atoms with Crippen LogP contribution >= 0.6 is 0 Å². The van der Waals surface area contributed by atoms with E-state index in [0.717, 1.165) is 44.9 Å². The van der Waals surface area contributed by atoms with E-state index in [0.29, 0.717) is 25.0 Å². The lowest BCUT2D eigenvalue weighted by Crippen LogP contribution is -2.40. The lowest BCUT2D eigenvalue weighted by Gasteiger charge is -2.18. The van der Waals surface area contributed by atoms with Crippen molar-refractivity contribution in [2.24, 2.45) is 16.8 Å². The van der Waals surface area contributed by atoms with E-state index in [9.17, 15) is 5.11 Å². The maximum Gasteiger partial charge on any atom is 0.191 e. The number of benzene rings is 1. The smallest absolute Gasteiger partial charge is 0.191 e. The molecular weight excluding hydrogens is 326 g/mol. The number of rotatable bonds is 13. The average molecular weight is 364 g/mol. The zero-order valence-corrected chi connectivity index (χ0v) is 16.7. The quantitative estimate of drug-likeness (QED) is 0.372. The van der Waals surface area contributed by atoms with Gasteiger partial charge in [-0.3, -0.25) is 4.99 Å². The van der Waals surface area contributed by atoms with Gasteiger partial charge in [0.1, 0.15) is 0 Å². The lowest BCUT2D eigenvalue weighted by atomic mass is 10.0. The molecule has 148 valence electrons. The molecule has 0 aromatic heterocycles. The minimum absolute atomic E-state index is 0.246. The van der Waals surface area contributed by atoms with Crippen LogP contribution in [0, 0.1) is 11.8 Å². The Hall–Kier alpha value is -1.59. The summed E-state index contributed by atoms with van der Waals surface area (Å²) in [6, 6.07) is 10.2. The normalized spacial score (nSPS) is 14.1. The van der Waals surface area contributed by atoms with Crippen LogP contribution < -0.4 is 10.6 Å². The second-order valence-electron chi connectivity index (χ2n) is 6.87. The van der Waals surface area contributed by atoms with Crippen molar-refractivity contribution in [1.29, 1.82) is 0 Å². The fourth-order valence-corrected chi connectivity index (χ4v) is 2.77. The summed E-state index contributed by atoms with van der Waals surface area (Å²) >= 11 is 0. The van der Waals surface area contributed by atoms with Crippen molar-refractivity contribution >= 4 is 5.96 Å². The van der Waals surface area contributed by atoms with Gasteiger partial charge in [-0.15, -0.1) is 0 Å². The van der Waals surface area contributed by atoms with Crippen LogP contribution in [0.3, 0.4) is 0 Å². The first-order chi connectivity index (χ1) is 12.7. The van der Waals surface area contributed by atoms with Crippen molar-refractivity contribution < 1.29 is 9.84 Å². The molecule has 2 atom stereocenters. The highest BCUT2D eigenvalue weighted by Gasteiger charge is 2.09. The van der Waals surface area contributed by atoms with Crippen molar-refractivity contribution in [3.63, 3.8) is 0 Å². The monoisotopic (exact) mass is 363 g/mol. The number of guanidine groups is 1. The largest absolute Gasteiger partial charge is 0.396 e. The third-order valence-corrected chi connectivity index (χ3v) is 4.21. The molecular formula is C21H37N3O2. The zero-order valence-electron chi connectivity index (χ0n) is 16.7. The van der Waals surface area contributed by atoms with Gasteiger partial charge in [0.2, 0.25) is 0 Å². The van der Waals surface area contributed by atoms with Crippen molar-refractivity contribution in [3.05, 3.63) is 35.9 Å². The van der Waals surface area contributed by atoms with E-state index in [1.54, 1.807) is 0 Å². The molecule has 0 fully saturated rings. The van der Waals surface area contributed by atoms with Crippen molar-refractivity contribution in [1.82, 2.24) is 10.6 Å². The number of hydrogen-bond donors (Lipinski definition) is 3. The molecule has 0 saturated heterocycles. The fraction of sp³-hybridized carbons (Fsp3) is 0.667. The maximum absolute atomic E-state index is 9.19. The Kier molecular flexibility index (Phi) is 12.6. The van der Waals surface area contributed by atoms with E-state index in [4.69, 9.17) is 4.74 Å². The lowest BCUT2D eigenvalue weighted by molar-refractivity contribution is 0.0945. The van der Waals surface area contributed by atoms with Gasteiger partial charge in [-0.05, 0) is 37.2 Å². The Morgan fingerprint density at radius 1 is 1.15 bits per heavy atom. The van der Waals surface area contributed by atoms with Gasteiger partial charge in [-0.2, -0.15) is 0 Å². The predicted octanol–water partition coefficient (Wildman–Crippen LogP) is 3.19. The van der Waals surface area contributed by atoms with Gasteiger partial charge < -0.3 is 20.5 Å². The molecule has 2 unspecified atom stereocenters. The van der Waals surface area contributed by atoms with E-state index < -0.39 is 0 Å². The summed E-state index contributed by atoms with van der Waals surface area (Å²) in [5.41, 5.74) is 1.20. The van der Waals surface area contributed by atoms with Crippen LogP contribution in [0.1, 0.15) is 45.6 Å². The van der Waals surface area contributed by atoms with Gasteiger partial charge in [0.15, 0.2) is 5.96 Å². The molecule has 1 rings (SSSR count). The van der Waals surface area contributed by atoms with Crippen LogP contribution in [-0.2, 0) is 11.3 Å². The molecule has 5 nitrogen and oxygen atoms in total. The number of ether oxygens (including phenoxy) is 1. The van der Waals surface area contributed by atoms with Gasteiger partial charge in [0, 0.05) is 26.2 Å². The summed E-state index contributed by atoms with van der Waals surface area (Å²) < 4.78 is 5.80. The van der Waals surface area contributed by atoms with E-state index >= 15 is 0 Å². The maximum atomic E-state index is 9.19. The fourth-order valence-electron chi connectivity index (χ4n) is 2.77. The molecule has 0 saturated carbocycles. The molecule has 0 bridgehead atoms. The van der Waals surface area contributed by atoms with Crippen LogP contribution in [0.5, 0.6) is 0 Å². The van der Waals surface area contributed by atoms with Gasteiger partial charge in [0.25, 0.3) is 0 Å². The molecule has 3 N–H and O–H groups in total. The Bertz CT molecular complexity index is 473. The molecule has 1 aromatic rings. The Labute approximate surface area is 159 Å². The predicted molar refractivity (Wildman–Crippen MR) is 109 cm³/mol. The van der Waals surface area contributed by atoms with E-state index in [2.05, 4.69) is 48.5 Å². The van der Waals surface area contributed by atoms with E-state index in [1.807, 2.05) is 18.2 Å². The first-order valence-electron chi connectivity index (χ1n) is 9.94. The summed E-state index contributed by atoms with van der Waals surface area (Å²) in [5, 5.41) is 15.9. The molecule has 0 radical (unpaired) electrons. The number of hydrogen-bond acceptors (Lipinski definition) is 3. The minimum atomic E-state index is 0.246. The highest BCUT2D eigenvalue weighted by atomic mass is 16.5. The second-order valence-corrected chi connectivity index (χ2v) is 6.87. The van der Waals surface area contributed by atoms with Gasteiger partial charge in [-0.1, -0.05) is 50.6 Å².